The van der Waals surface area contributed by atoms with Gasteiger partial charge in [0.1, 0.15) is 0 Å². The van der Waals surface area contributed by atoms with Gasteiger partial charge in [0.15, 0.2) is 6.61 Å². The highest BCUT2D eigenvalue weighted by atomic mass is 19.4. The maximum atomic E-state index is 12.3. The summed E-state index contributed by atoms with van der Waals surface area (Å²) in [6.45, 7) is -1.75. The van der Waals surface area contributed by atoms with E-state index in [0.717, 1.165) is 0 Å². The molecule has 0 aliphatic rings. The number of carbonyl (C=O) groups is 2. The molecule has 0 unspecified atom stereocenters. The molecule has 0 atom stereocenters. The van der Waals surface area contributed by atoms with Gasteiger partial charge in [0.25, 0.3) is 5.91 Å². The van der Waals surface area contributed by atoms with Crippen LogP contribution in [-0.2, 0) is 11.3 Å². The van der Waals surface area contributed by atoms with Gasteiger partial charge in [-0.2, -0.15) is 13.2 Å². The Morgan fingerprint density at radius 2 is 1.85 bits per heavy atom. The molecule has 0 aliphatic carbocycles. The molecular formula is C18H18F3N3O3. The first kappa shape index (κ1) is 20.2. The first-order chi connectivity index (χ1) is 12.8. The zero-order valence-electron chi connectivity index (χ0n) is 14.5. The van der Waals surface area contributed by atoms with Gasteiger partial charge in [-0.1, -0.05) is 24.3 Å². The molecule has 1 heterocycles. The minimum atomic E-state index is -4.49. The van der Waals surface area contributed by atoms with Gasteiger partial charge in [-0.3, -0.25) is 9.59 Å². The summed E-state index contributed by atoms with van der Waals surface area (Å²) in [6, 6.07) is 11.5. The summed E-state index contributed by atoms with van der Waals surface area (Å²) < 4.78 is 41.5. The molecule has 0 bridgehead atoms. The number of pyridine rings is 1. The van der Waals surface area contributed by atoms with Crippen LogP contribution in [0.25, 0.3) is 0 Å². The van der Waals surface area contributed by atoms with Gasteiger partial charge in [0.2, 0.25) is 11.8 Å². The van der Waals surface area contributed by atoms with Crippen LogP contribution in [0, 0.1) is 0 Å². The van der Waals surface area contributed by atoms with Gasteiger partial charge in [0.05, 0.1) is 6.54 Å². The van der Waals surface area contributed by atoms with E-state index in [0.29, 0.717) is 11.1 Å². The molecule has 0 saturated heterocycles. The number of amides is 2. The zero-order valence-corrected chi connectivity index (χ0v) is 14.5. The summed E-state index contributed by atoms with van der Waals surface area (Å²) in [5.74, 6) is -0.988. The number of alkyl halides is 3. The fourth-order valence-corrected chi connectivity index (χ4v) is 2.18. The Morgan fingerprint density at radius 3 is 2.52 bits per heavy atom. The summed E-state index contributed by atoms with van der Waals surface area (Å²) >= 11 is 0. The number of nitrogens with one attached hydrogen (secondary N) is 1. The second kappa shape index (κ2) is 9.02. The van der Waals surface area contributed by atoms with Crippen molar-refractivity contribution >= 4 is 11.8 Å². The van der Waals surface area contributed by atoms with Crippen LogP contribution in [0.2, 0.25) is 0 Å². The smallest absolute Gasteiger partial charge is 0.422 e. The molecule has 1 N–H and O–H groups in total. The van der Waals surface area contributed by atoms with E-state index < -0.39 is 18.7 Å². The Balaban J connectivity index is 1.89. The van der Waals surface area contributed by atoms with Crippen molar-refractivity contribution in [2.24, 2.45) is 0 Å². The quantitative estimate of drug-likeness (QED) is 0.800. The minimum absolute atomic E-state index is 0.0762. The van der Waals surface area contributed by atoms with Crippen LogP contribution in [0.4, 0.5) is 13.2 Å². The van der Waals surface area contributed by atoms with Gasteiger partial charge in [-0.25, -0.2) is 4.98 Å². The van der Waals surface area contributed by atoms with E-state index in [-0.39, 0.29) is 24.9 Å². The van der Waals surface area contributed by atoms with Gasteiger partial charge < -0.3 is 15.0 Å². The predicted molar refractivity (Wildman–Crippen MR) is 91.0 cm³/mol. The molecule has 9 heteroatoms. The SMILES string of the molecule is CN(CC(=O)NCc1cccnc1OCC(F)(F)F)C(=O)c1ccccc1. The van der Waals surface area contributed by atoms with E-state index in [4.69, 9.17) is 0 Å². The van der Waals surface area contributed by atoms with Crippen molar-refractivity contribution in [1.82, 2.24) is 15.2 Å². The fourth-order valence-electron chi connectivity index (χ4n) is 2.18. The lowest BCUT2D eigenvalue weighted by Crippen LogP contribution is -2.38. The van der Waals surface area contributed by atoms with Crippen molar-refractivity contribution in [3.63, 3.8) is 0 Å². The first-order valence-electron chi connectivity index (χ1n) is 7.97. The molecule has 27 heavy (non-hydrogen) atoms. The number of carbonyl (C=O) groups excluding carboxylic acids is 2. The third kappa shape index (κ3) is 6.61. The van der Waals surface area contributed by atoms with Gasteiger partial charge in [-0.05, 0) is 18.2 Å². The van der Waals surface area contributed by atoms with Crippen molar-refractivity contribution in [3.8, 4) is 5.88 Å². The Labute approximate surface area is 154 Å². The molecule has 1 aromatic heterocycles. The second-order valence-electron chi connectivity index (χ2n) is 5.68. The molecule has 2 rings (SSSR count). The van der Waals surface area contributed by atoms with E-state index in [1.54, 1.807) is 30.3 Å². The summed E-state index contributed by atoms with van der Waals surface area (Å²) in [5, 5.41) is 2.54. The Hall–Kier alpha value is -3.10. The molecule has 2 amide bonds. The number of halogens is 3. The lowest BCUT2D eigenvalue weighted by Gasteiger charge is -2.17. The van der Waals surface area contributed by atoms with Crippen LogP contribution >= 0.6 is 0 Å². The monoisotopic (exact) mass is 381 g/mol. The molecule has 2 aromatic rings. The average Bonchev–Trinajstić information content (AvgIpc) is 2.64. The highest BCUT2D eigenvalue weighted by Crippen LogP contribution is 2.19. The minimum Gasteiger partial charge on any atom is -0.468 e. The van der Waals surface area contributed by atoms with E-state index in [2.05, 4.69) is 15.0 Å². The molecule has 0 spiro atoms. The van der Waals surface area contributed by atoms with E-state index >= 15 is 0 Å². The number of likely N-dealkylation sites (N-methyl/N-ethyl adjacent to an activating group) is 1. The van der Waals surface area contributed by atoms with Crippen LogP contribution in [0.3, 0.4) is 0 Å². The van der Waals surface area contributed by atoms with Crippen molar-refractivity contribution in [1.29, 1.82) is 0 Å². The van der Waals surface area contributed by atoms with Gasteiger partial charge >= 0.3 is 6.18 Å². The fraction of sp³-hybridized carbons (Fsp3) is 0.278. The number of nitrogens with zero attached hydrogens (tertiary/aromatic N) is 2. The number of hydrogen-bond acceptors (Lipinski definition) is 4. The van der Waals surface area contributed by atoms with Crippen LogP contribution in [-0.4, -0.2) is 48.1 Å². The lowest BCUT2D eigenvalue weighted by atomic mass is 10.2. The highest BCUT2D eigenvalue weighted by molar-refractivity contribution is 5.96. The summed E-state index contributed by atoms with van der Waals surface area (Å²) in [4.78, 5) is 29.2. The number of rotatable bonds is 7. The summed E-state index contributed by atoms with van der Waals surface area (Å²) in [7, 11) is 1.48. The number of benzene rings is 1. The van der Waals surface area contributed by atoms with E-state index in [1.165, 1.54) is 30.3 Å². The van der Waals surface area contributed by atoms with E-state index in [9.17, 15) is 22.8 Å². The van der Waals surface area contributed by atoms with Crippen LogP contribution in [0.5, 0.6) is 5.88 Å². The van der Waals surface area contributed by atoms with Crippen molar-refractivity contribution < 1.29 is 27.5 Å². The standard InChI is InChI=1S/C18H18F3N3O3/c1-24(17(26)13-6-3-2-4-7-13)11-15(25)23-10-14-8-5-9-22-16(14)27-12-18(19,20)21/h2-9H,10-12H2,1H3,(H,23,25). The summed E-state index contributed by atoms with van der Waals surface area (Å²) in [6.07, 6.45) is -3.19. The molecule has 1 aromatic carbocycles. The Bertz CT molecular complexity index is 782. The maximum Gasteiger partial charge on any atom is 0.422 e. The molecule has 6 nitrogen and oxygen atoms in total. The molecule has 0 radical (unpaired) electrons. The molecule has 0 saturated carbocycles. The Morgan fingerprint density at radius 1 is 1.15 bits per heavy atom. The molecule has 0 fully saturated rings. The zero-order chi connectivity index (χ0) is 19.9. The number of hydrogen-bond donors (Lipinski definition) is 1. The normalized spacial score (nSPS) is 11.0. The topological polar surface area (TPSA) is 71.5 Å². The second-order valence-corrected chi connectivity index (χ2v) is 5.68. The lowest BCUT2D eigenvalue weighted by molar-refractivity contribution is -0.154. The third-order valence-corrected chi connectivity index (χ3v) is 3.45. The van der Waals surface area contributed by atoms with Crippen LogP contribution in [0.1, 0.15) is 15.9 Å². The predicted octanol–water partition coefficient (Wildman–Crippen LogP) is 2.41. The third-order valence-electron chi connectivity index (χ3n) is 3.45. The highest BCUT2D eigenvalue weighted by Gasteiger charge is 2.29. The van der Waals surface area contributed by atoms with Crippen LogP contribution < -0.4 is 10.1 Å². The van der Waals surface area contributed by atoms with Gasteiger partial charge in [-0.15, -0.1) is 0 Å². The maximum absolute atomic E-state index is 12.3. The molecule has 0 aliphatic heterocycles. The largest absolute Gasteiger partial charge is 0.468 e. The van der Waals surface area contributed by atoms with Crippen LogP contribution in [0.15, 0.2) is 48.7 Å². The van der Waals surface area contributed by atoms with Gasteiger partial charge in [0, 0.05) is 30.9 Å². The Kier molecular flexibility index (Phi) is 6.75. The first-order valence-corrected chi connectivity index (χ1v) is 7.97. The molecular weight excluding hydrogens is 363 g/mol. The van der Waals surface area contributed by atoms with Crippen molar-refractivity contribution in [2.75, 3.05) is 20.2 Å². The number of aromatic nitrogens is 1. The number of ether oxygens (including phenoxy) is 1. The molecule has 144 valence electrons. The van der Waals surface area contributed by atoms with Crippen molar-refractivity contribution in [3.05, 3.63) is 59.8 Å². The van der Waals surface area contributed by atoms with Crippen molar-refractivity contribution in [2.45, 2.75) is 12.7 Å². The summed E-state index contributed by atoms with van der Waals surface area (Å²) in [5.41, 5.74) is 0.745. The van der Waals surface area contributed by atoms with E-state index in [1.807, 2.05) is 0 Å². The average molecular weight is 381 g/mol.